The van der Waals surface area contributed by atoms with E-state index in [0.717, 1.165) is 6.42 Å². The van der Waals surface area contributed by atoms with E-state index in [9.17, 15) is 0 Å². The Hall–Kier alpha value is -1.35. The van der Waals surface area contributed by atoms with Gasteiger partial charge in [0, 0.05) is 0 Å². The van der Waals surface area contributed by atoms with Crippen LogP contribution < -0.4 is 0 Å². The number of aromatic nitrogens is 2. The molecule has 15 heavy (non-hydrogen) atoms. The first-order chi connectivity index (χ1) is 7.38. The van der Waals surface area contributed by atoms with Crippen molar-refractivity contribution in [2.45, 2.75) is 18.2 Å². The number of alkyl halides is 1. The van der Waals surface area contributed by atoms with E-state index >= 15 is 0 Å². The normalized spacial score (nSPS) is 18.3. The van der Waals surface area contributed by atoms with Gasteiger partial charge < -0.3 is 4.42 Å². The van der Waals surface area contributed by atoms with Crippen molar-refractivity contribution in [1.82, 2.24) is 10.2 Å². The smallest absolute Gasteiger partial charge is 0.231 e. The highest BCUT2D eigenvalue weighted by molar-refractivity contribution is 6.16. The van der Waals surface area contributed by atoms with Crippen LogP contribution in [-0.2, 0) is 12.3 Å². The van der Waals surface area contributed by atoms with Crippen molar-refractivity contribution in [1.29, 1.82) is 0 Å². The summed E-state index contributed by atoms with van der Waals surface area (Å²) in [5.41, 5.74) is 2.66. The molecule has 0 aliphatic heterocycles. The van der Waals surface area contributed by atoms with E-state index in [1.54, 1.807) is 0 Å². The van der Waals surface area contributed by atoms with E-state index in [1.165, 1.54) is 11.1 Å². The fourth-order valence-electron chi connectivity index (χ4n) is 1.94. The summed E-state index contributed by atoms with van der Waals surface area (Å²) in [5.74, 6) is 1.73. The first kappa shape index (κ1) is 8.92. The summed E-state index contributed by atoms with van der Waals surface area (Å²) < 4.78 is 5.44. The Morgan fingerprint density at radius 2 is 2.20 bits per heavy atom. The highest BCUT2D eigenvalue weighted by atomic mass is 35.5. The molecule has 1 aliphatic carbocycles. The van der Waals surface area contributed by atoms with Crippen molar-refractivity contribution in [2.24, 2.45) is 0 Å². The van der Waals surface area contributed by atoms with Crippen molar-refractivity contribution < 1.29 is 4.42 Å². The molecule has 1 heterocycles. The molecule has 0 saturated heterocycles. The van der Waals surface area contributed by atoms with Crippen LogP contribution in [0.5, 0.6) is 0 Å². The summed E-state index contributed by atoms with van der Waals surface area (Å²) in [6.07, 6.45) is 0.986. The van der Waals surface area contributed by atoms with Crippen LogP contribution in [0.15, 0.2) is 28.7 Å². The highest BCUT2D eigenvalue weighted by Gasteiger charge is 2.31. The number of hydrogen-bond donors (Lipinski definition) is 0. The first-order valence-electron chi connectivity index (χ1n) is 4.84. The summed E-state index contributed by atoms with van der Waals surface area (Å²) in [4.78, 5) is 0. The van der Waals surface area contributed by atoms with Crippen molar-refractivity contribution >= 4 is 11.6 Å². The lowest BCUT2D eigenvalue weighted by molar-refractivity contribution is 0.428. The largest absolute Gasteiger partial charge is 0.423 e. The minimum atomic E-state index is 0.269. The summed E-state index contributed by atoms with van der Waals surface area (Å²) in [7, 11) is 0. The molecule has 0 spiro atoms. The summed E-state index contributed by atoms with van der Waals surface area (Å²) in [6.45, 7) is 0. The number of fused-ring (bicyclic) bond motifs is 1. The second-order valence-electron chi connectivity index (χ2n) is 3.62. The molecule has 0 amide bonds. The molecule has 1 aromatic heterocycles. The van der Waals surface area contributed by atoms with Crippen molar-refractivity contribution in [2.75, 3.05) is 0 Å². The first-order valence-corrected chi connectivity index (χ1v) is 5.38. The third-order valence-corrected chi connectivity index (χ3v) is 2.98. The van der Waals surface area contributed by atoms with Gasteiger partial charge in [-0.25, -0.2) is 0 Å². The molecule has 0 fully saturated rings. The monoisotopic (exact) mass is 220 g/mol. The zero-order valence-electron chi connectivity index (χ0n) is 7.98. The van der Waals surface area contributed by atoms with E-state index in [-0.39, 0.29) is 11.8 Å². The quantitative estimate of drug-likeness (QED) is 0.730. The Balaban J connectivity index is 1.93. The van der Waals surface area contributed by atoms with Crippen molar-refractivity contribution in [3.63, 3.8) is 0 Å². The second-order valence-corrected chi connectivity index (χ2v) is 3.89. The fraction of sp³-hybridized carbons (Fsp3) is 0.273. The molecule has 0 bridgehead atoms. The molecule has 0 radical (unpaired) electrons. The molecule has 3 rings (SSSR count). The van der Waals surface area contributed by atoms with Gasteiger partial charge in [0.1, 0.15) is 5.88 Å². The Bertz CT molecular complexity index is 495. The molecule has 1 unspecified atom stereocenters. The van der Waals surface area contributed by atoms with Gasteiger partial charge in [0.2, 0.25) is 11.8 Å². The van der Waals surface area contributed by atoms with Gasteiger partial charge in [0.05, 0.1) is 5.92 Å². The van der Waals surface area contributed by atoms with Crippen LogP contribution in [0.25, 0.3) is 0 Å². The molecule has 1 aromatic carbocycles. The predicted molar refractivity (Wildman–Crippen MR) is 55.8 cm³/mol. The molecule has 76 valence electrons. The van der Waals surface area contributed by atoms with Crippen LogP contribution in [0, 0.1) is 0 Å². The van der Waals surface area contributed by atoms with Gasteiger partial charge >= 0.3 is 0 Å². The van der Waals surface area contributed by atoms with Crippen LogP contribution >= 0.6 is 11.6 Å². The minimum Gasteiger partial charge on any atom is -0.423 e. The van der Waals surface area contributed by atoms with Gasteiger partial charge in [-0.3, -0.25) is 0 Å². The van der Waals surface area contributed by atoms with Gasteiger partial charge in [0.25, 0.3) is 0 Å². The van der Waals surface area contributed by atoms with Crippen molar-refractivity contribution in [3.8, 4) is 0 Å². The summed E-state index contributed by atoms with van der Waals surface area (Å²) >= 11 is 5.61. The summed E-state index contributed by atoms with van der Waals surface area (Å²) in [6, 6.07) is 8.32. The maximum atomic E-state index is 5.61. The molecule has 0 N–H and O–H groups in total. The van der Waals surface area contributed by atoms with E-state index in [1.807, 2.05) is 12.1 Å². The second kappa shape index (κ2) is 3.35. The standard InChI is InChI=1S/C11H9ClN2O/c12-6-10-13-14-11(15-10)9-5-7-3-1-2-4-8(7)9/h1-4,9H,5-6H2. The SMILES string of the molecule is ClCc1nnc(C2Cc3ccccc32)o1. The molecule has 4 heteroatoms. The molecular weight excluding hydrogens is 212 g/mol. The Morgan fingerprint density at radius 3 is 2.93 bits per heavy atom. The Kier molecular flexibility index (Phi) is 1.99. The Labute approximate surface area is 92.1 Å². The number of nitrogens with zero attached hydrogens (tertiary/aromatic N) is 2. The van der Waals surface area contributed by atoms with Crippen molar-refractivity contribution in [3.05, 3.63) is 47.2 Å². The number of halogens is 1. The lowest BCUT2D eigenvalue weighted by Gasteiger charge is -2.26. The van der Waals surface area contributed by atoms with E-state index < -0.39 is 0 Å². The topological polar surface area (TPSA) is 38.9 Å². The fourth-order valence-corrected chi connectivity index (χ4v) is 2.05. The maximum Gasteiger partial charge on any atom is 0.231 e. The molecule has 0 saturated carbocycles. The van der Waals surface area contributed by atoms with Crippen LogP contribution in [0.3, 0.4) is 0 Å². The average molecular weight is 221 g/mol. The molecule has 1 atom stereocenters. The van der Waals surface area contributed by atoms with E-state index in [2.05, 4.69) is 22.3 Å². The zero-order valence-corrected chi connectivity index (χ0v) is 8.74. The maximum absolute atomic E-state index is 5.61. The Morgan fingerprint density at radius 1 is 1.33 bits per heavy atom. The highest BCUT2D eigenvalue weighted by Crippen LogP contribution is 2.39. The zero-order chi connectivity index (χ0) is 10.3. The van der Waals surface area contributed by atoms with Gasteiger partial charge in [-0.1, -0.05) is 24.3 Å². The van der Waals surface area contributed by atoms with Gasteiger partial charge in [0.15, 0.2) is 0 Å². The van der Waals surface area contributed by atoms with Crippen LogP contribution in [0.1, 0.15) is 28.8 Å². The third kappa shape index (κ3) is 1.35. The number of hydrogen-bond acceptors (Lipinski definition) is 3. The molecular formula is C11H9ClN2O. The lowest BCUT2D eigenvalue weighted by atomic mass is 9.77. The number of benzene rings is 1. The van der Waals surface area contributed by atoms with Gasteiger partial charge in [-0.15, -0.1) is 21.8 Å². The molecule has 3 nitrogen and oxygen atoms in total. The molecule has 1 aliphatic rings. The van der Waals surface area contributed by atoms with Crippen LogP contribution in [0.4, 0.5) is 0 Å². The number of rotatable bonds is 2. The average Bonchev–Trinajstić information content (AvgIpc) is 2.68. The van der Waals surface area contributed by atoms with Crippen LogP contribution in [0.2, 0.25) is 0 Å². The summed E-state index contributed by atoms with van der Waals surface area (Å²) in [5, 5.41) is 7.87. The third-order valence-electron chi connectivity index (χ3n) is 2.75. The predicted octanol–water partition coefficient (Wildman–Crippen LogP) is 2.50. The van der Waals surface area contributed by atoms with Gasteiger partial charge in [-0.05, 0) is 17.5 Å². The minimum absolute atomic E-state index is 0.269. The lowest BCUT2D eigenvalue weighted by Crippen LogP contribution is -2.18. The molecule has 2 aromatic rings. The van der Waals surface area contributed by atoms with E-state index in [4.69, 9.17) is 16.0 Å². The van der Waals surface area contributed by atoms with E-state index in [0.29, 0.717) is 11.8 Å². The van der Waals surface area contributed by atoms with Crippen LogP contribution in [-0.4, -0.2) is 10.2 Å². The van der Waals surface area contributed by atoms with Gasteiger partial charge in [-0.2, -0.15) is 0 Å².